The first-order valence-electron chi connectivity index (χ1n) is 4.78. The Morgan fingerprint density at radius 3 is 3.00 bits per heavy atom. The van der Waals surface area contributed by atoms with Gasteiger partial charge in [-0.3, -0.25) is 0 Å². The van der Waals surface area contributed by atoms with Gasteiger partial charge in [0.2, 0.25) is 0 Å². The van der Waals surface area contributed by atoms with E-state index in [1.807, 2.05) is 12.4 Å². The van der Waals surface area contributed by atoms with Crippen LogP contribution in [0.5, 0.6) is 5.75 Å². The molecule has 16 heavy (non-hydrogen) atoms. The zero-order valence-electron chi connectivity index (χ0n) is 8.70. The number of hydrogen-bond acceptors (Lipinski definition) is 4. The molecule has 2 aromatic rings. The summed E-state index contributed by atoms with van der Waals surface area (Å²) in [5.41, 5.74) is 1.31. The average Bonchev–Trinajstić information content (AvgIpc) is 2.67. The maximum Gasteiger partial charge on any atom is 0.137 e. The number of thiazole rings is 1. The van der Waals surface area contributed by atoms with Crippen molar-refractivity contribution in [3.63, 3.8) is 0 Å². The molecule has 3 nitrogen and oxygen atoms in total. The number of aromatic nitrogens is 1. The molecule has 0 aliphatic heterocycles. The van der Waals surface area contributed by atoms with E-state index in [9.17, 15) is 4.39 Å². The van der Waals surface area contributed by atoms with E-state index in [0.717, 1.165) is 11.8 Å². The molecule has 1 aromatic heterocycles. The van der Waals surface area contributed by atoms with Crippen molar-refractivity contribution in [3.05, 3.63) is 35.1 Å². The van der Waals surface area contributed by atoms with Crippen molar-refractivity contribution in [3.8, 4) is 16.3 Å². The van der Waals surface area contributed by atoms with Crippen molar-refractivity contribution in [2.75, 3.05) is 7.05 Å². The van der Waals surface area contributed by atoms with Crippen LogP contribution < -0.4 is 5.32 Å². The fraction of sp³-hybridized carbons (Fsp3) is 0.182. The molecule has 0 spiro atoms. The number of rotatable bonds is 3. The lowest BCUT2D eigenvalue weighted by atomic mass is 10.2. The number of halogens is 1. The summed E-state index contributed by atoms with van der Waals surface area (Å²) in [5, 5.41) is 14.6. The molecule has 0 atom stereocenters. The molecular weight excluding hydrogens is 227 g/mol. The highest BCUT2D eigenvalue weighted by molar-refractivity contribution is 7.13. The second-order valence-corrected chi connectivity index (χ2v) is 4.20. The minimum Gasteiger partial charge on any atom is -0.508 e. The predicted molar refractivity (Wildman–Crippen MR) is 61.9 cm³/mol. The van der Waals surface area contributed by atoms with Gasteiger partial charge in [0.15, 0.2) is 0 Å². The molecule has 0 radical (unpaired) electrons. The summed E-state index contributed by atoms with van der Waals surface area (Å²) < 4.78 is 13.5. The molecule has 2 rings (SSSR count). The van der Waals surface area contributed by atoms with Crippen LogP contribution in [0.15, 0.2) is 23.6 Å². The van der Waals surface area contributed by atoms with Crippen molar-refractivity contribution in [2.45, 2.75) is 6.54 Å². The van der Waals surface area contributed by atoms with Gasteiger partial charge in [0.25, 0.3) is 0 Å². The molecule has 0 saturated carbocycles. The predicted octanol–water partition coefficient (Wildman–Crippen LogP) is 2.37. The summed E-state index contributed by atoms with van der Waals surface area (Å²) in [7, 11) is 1.83. The van der Waals surface area contributed by atoms with E-state index in [1.54, 1.807) is 0 Å². The number of aromatic hydroxyl groups is 1. The SMILES string of the molecule is CNCc1csc(-c2ccc(O)cc2F)n1. The van der Waals surface area contributed by atoms with E-state index >= 15 is 0 Å². The largest absolute Gasteiger partial charge is 0.508 e. The van der Waals surface area contributed by atoms with Crippen molar-refractivity contribution >= 4 is 11.3 Å². The molecule has 0 bridgehead atoms. The fourth-order valence-electron chi connectivity index (χ4n) is 1.37. The van der Waals surface area contributed by atoms with E-state index in [1.165, 1.54) is 23.5 Å². The number of nitrogens with zero attached hydrogens (tertiary/aromatic N) is 1. The fourth-order valence-corrected chi connectivity index (χ4v) is 2.22. The second-order valence-electron chi connectivity index (χ2n) is 3.34. The Labute approximate surface area is 96.6 Å². The topological polar surface area (TPSA) is 45.1 Å². The van der Waals surface area contributed by atoms with Gasteiger partial charge in [0.05, 0.1) is 5.69 Å². The van der Waals surface area contributed by atoms with Crippen LogP contribution in [0.2, 0.25) is 0 Å². The minimum absolute atomic E-state index is 0.0757. The molecule has 84 valence electrons. The average molecular weight is 238 g/mol. The first kappa shape index (κ1) is 11.0. The van der Waals surface area contributed by atoms with Crippen LogP contribution in [-0.4, -0.2) is 17.1 Å². The third kappa shape index (κ3) is 2.20. The molecule has 0 aliphatic carbocycles. The van der Waals surface area contributed by atoms with E-state index in [2.05, 4.69) is 10.3 Å². The van der Waals surface area contributed by atoms with Gasteiger partial charge < -0.3 is 10.4 Å². The normalized spacial score (nSPS) is 10.6. The van der Waals surface area contributed by atoms with Crippen LogP contribution in [0.4, 0.5) is 4.39 Å². The summed E-state index contributed by atoms with van der Waals surface area (Å²) in [5.74, 6) is -0.529. The second kappa shape index (κ2) is 4.59. The van der Waals surface area contributed by atoms with Crippen molar-refractivity contribution in [1.82, 2.24) is 10.3 Å². The minimum atomic E-state index is -0.453. The highest BCUT2D eigenvalue weighted by atomic mass is 32.1. The van der Waals surface area contributed by atoms with Crippen LogP contribution in [0.1, 0.15) is 5.69 Å². The van der Waals surface area contributed by atoms with Crippen LogP contribution in [0, 0.1) is 5.82 Å². The molecule has 0 fully saturated rings. The maximum absolute atomic E-state index is 13.5. The van der Waals surface area contributed by atoms with E-state index in [0.29, 0.717) is 17.1 Å². The Bertz CT molecular complexity index is 498. The number of benzene rings is 1. The Hall–Kier alpha value is -1.46. The molecule has 5 heteroatoms. The number of phenols is 1. The van der Waals surface area contributed by atoms with Gasteiger partial charge in [-0.15, -0.1) is 11.3 Å². The van der Waals surface area contributed by atoms with E-state index in [4.69, 9.17) is 5.11 Å². The molecule has 0 aliphatic rings. The van der Waals surface area contributed by atoms with Gasteiger partial charge in [-0.05, 0) is 19.2 Å². The molecular formula is C11H11FN2OS. The lowest BCUT2D eigenvalue weighted by Crippen LogP contribution is -2.04. The summed E-state index contributed by atoms with van der Waals surface area (Å²) in [6.45, 7) is 0.663. The smallest absolute Gasteiger partial charge is 0.137 e. The molecule has 1 heterocycles. The quantitative estimate of drug-likeness (QED) is 0.863. The third-order valence-corrected chi connectivity index (χ3v) is 3.02. The number of nitrogens with one attached hydrogen (secondary N) is 1. The van der Waals surface area contributed by atoms with Gasteiger partial charge >= 0.3 is 0 Å². The lowest BCUT2D eigenvalue weighted by Gasteiger charge is -1.99. The maximum atomic E-state index is 13.5. The monoisotopic (exact) mass is 238 g/mol. The number of hydrogen-bond donors (Lipinski definition) is 2. The molecule has 2 N–H and O–H groups in total. The van der Waals surface area contributed by atoms with Crippen molar-refractivity contribution in [1.29, 1.82) is 0 Å². The van der Waals surface area contributed by atoms with Crippen LogP contribution >= 0.6 is 11.3 Å². The van der Waals surface area contributed by atoms with Gasteiger partial charge in [-0.1, -0.05) is 0 Å². The molecule has 0 saturated heterocycles. The Morgan fingerprint density at radius 1 is 1.50 bits per heavy atom. The van der Waals surface area contributed by atoms with E-state index < -0.39 is 5.82 Å². The van der Waals surface area contributed by atoms with Crippen LogP contribution in [0.25, 0.3) is 10.6 Å². The first-order chi connectivity index (χ1) is 7.70. The van der Waals surface area contributed by atoms with Gasteiger partial charge in [-0.25, -0.2) is 9.37 Å². The van der Waals surface area contributed by atoms with Crippen LogP contribution in [-0.2, 0) is 6.54 Å². The summed E-state index contributed by atoms with van der Waals surface area (Å²) in [6, 6.07) is 4.08. The Balaban J connectivity index is 2.35. The number of phenolic OH excluding ortho intramolecular Hbond substituents is 1. The van der Waals surface area contributed by atoms with Crippen molar-refractivity contribution < 1.29 is 9.50 Å². The summed E-state index contributed by atoms with van der Waals surface area (Å²) >= 11 is 1.39. The highest BCUT2D eigenvalue weighted by Gasteiger charge is 2.09. The zero-order chi connectivity index (χ0) is 11.5. The third-order valence-electron chi connectivity index (χ3n) is 2.09. The lowest BCUT2D eigenvalue weighted by molar-refractivity contribution is 0.469. The van der Waals surface area contributed by atoms with Gasteiger partial charge in [0.1, 0.15) is 16.6 Å². The first-order valence-corrected chi connectivity index (χ1v) is 5.66. The summed E-state index contributed by atoms with van der Waals surface area (Å²) in [4.78, 5) is 4.30. The Morgan fingerprint density at radius 2 is 2.31 bits per heavy atom. The van der Waals surface area contributed by atoms with Gasteiger partial charge in [0, 0.05) is 23.6 Å². The van der Waals surface area contributed by atoms with E-state index in [-0.39, 0.29) is 5.75 Å². The highest BCUT2D eigenvalue weighted by Crippen LogP contribution is 2.28. The summed E-state index contributed by atoms with van der Waals surface area (Å²) in [6.07, 6.45) is 0. The molecule has 0 unspecified atom stereocenters. The molecule has 1 aromatic carbocycles. The van der Waals surface area contributed by atoms with Crippen LogP contribution in [0.3, 0.4) is 0 Å². The van der Waals surface area contributed by atoms with Crippen molar-refractivity contribution in [2.24, 2.45) is 0 Å². The zero-order valence-corrected chi connectivity index (χ0v) is 9.51. The van der Waals surface area contributed by atoms with Gasteiger partial charge in [-0.2, -0.15) is 0 Å². The standard InChI is InChI=1S/C11H11FN2OS/c1-13-5-7-6-16-11(14-7)9-3-2-8(15)4-10(9)12/h2-4,6,13,15H,5H2,1H3. The molecule has 0 amide bonds. The Kier molecular flexibility index (Phi) is 3.17.